The van der Waals surface area contributed by atoms with Crippen molar-refractivity contribution in [3.8, 4) is 0 Å². The first-order valence-corrected chi connectivity index (χ1v) is 22.8. The molecule has 67 heavy (non-hydrogen) atoms. The topological polar surface area (TPSA) is 119 Å². The third kappa shape index (κ3) is 11.1. The monoisotopic (exact) mass is 899 g/mol. The van der Waals surface area contributed by atoms with E-state index >= 15 is 0 Å². The minimum Gasteiger partial charge on any atom is -0.481 e. The molecule has 0 saturated carbocycles. The molecule has 1 amide bonds. The molecule has 1 unspecified atom stereocenters. The first-order valence-electron chi connectivity index (χ1n) is 21.9. The quantitative estimate of drug-likeness (QED) is 0.0734. The van der Waals surface area contributed by atoms with Crippen LogP contribution in [-0.2, 0) is 14.4 Å². The SMILES string of the molecule is Cc1ccc(/C(=C/c2ccc(N(c3ccc(/C=C4\N=C(SC(CC(=O)O)C(=O)O)NC4=O)cc3)c3ccc(/C=C(\c4ccccc4)c4ccc(C)c(C)c4)cc3)cc2)c2ccccc2)cc1C. The maximum atomic E-state index is 12.9. The van der Waals surface area contributed by atoms with Crippen molar-refractivity contribution in [1.82, 2.24) is 5.32 Å². The van der Waals surface area contributed by atoms with E-state index in [4.69, 9.17) is 5.11 Å². The normalized spacial score (nSPS) is 13.8. The van der Waals surface area contributed by atoms with Crippen LogP contribution in [0.2, 0.25) is 0 Å². The predicted octanol–water partition coefficient (Wildman–Crippen LogP) is 13.1. The fourth-order valence-electron chi connectivity index (χ4n) is 7.79. The number of hydrogen-bond acceptors (Lipinski definition) is 6. The molecule has 1 atom stereocenters. The lowest BCUT2D eigenvalue weighted by atomic mass is 9.93. The molecule has 332 valence electrons. The Bertz CT molecular complexity index is 2940. The van der Waals surface area contributed by atoms with Gasteiger partial charge in [-0.2, -0.15) is 0 Å². The highest BCUT2D eigenvalue weighted by atomic mass is 32.2. The molecule has 0 saturated heterocycles. The van der Waals surface area contributed by atoms with E-state index in [1.807, 2.05) is 36.4 Å². The Morgan fingerprint density at radius 1 is 0.567 bits per heavy atom. The third-order valence-corrected chi connectivity index (χ3v) is 12.8. The number of carboxylic acid groups (broad SMARTS) is 2. The molecule has 7 aromatic rings. The summed E-state index contributed by atoms with van der Waals surface area (Å²) in [5, 5.41) is 20.0. The maximum absolute atomic E-state index is 12.9. The molecule has 0 aliphatic carbocycles. The lowest BCUT2D eigenvalue weighted by molar-refractivity contribution is -0.142. The Balaban J connectivity index is 1.16. The molecular weight excluding hydrogens is 851 g/mol. The standard InChI is InChI=1S/C58H49N3O5S/c1-37-15-23-46(31-39(37)3)51(44-11-7-5-8-12-44)33-41-17-25-48(26-18-41)61(50-29-21-43(22-30-50)35-53-56(64)60-58(59-53)67-54(57(65)66)36-55(62)63)49-27-19-42(20-28-49)34-52(45-13-9-6-10-14-45)47-24-16-38(2)40(4)32-47/h5-35,54H,36H2,1-4H3,(H,62,63)(H,65,66)(H,59,60,64)/b51-33+,52-34+,53-35-. The van der Waals surface area contributed by atoms with Gasteiger partial charge in [0.2, 0.25) is 0 Å². The number of carbonyl (C=O) groups excluding carboxylic acids is 1. The molecule has 0 fully saturated rings. The number of amidine groups is 1. The lowest BCUT2D eigenvalue weighted by Gasteiger charge is -2.26. The molecule has 0 radical (unpaired) electrons. The van der Waals surface area contributed by atoms with Crippen molar-refractivity contribution in [2.45, 2.75) is 39.4 Å². The third-order valence-electron chi connectivity index (χ3n) is 11.7. The Kier molecular flexibility index (Phi) is 13.9. The largest absolute Gasteiger partial charge is 0.481 e. The number of benzene rings is 7. The minimum absolute atomic E-state index is 0.0408. The van der Waals surface area contributed by atoms with Gasteiger partial charge in [0, 0.05) is 17.1 Å². The van der Waals surface area contributed by atoms with E-state index in [0.717, 1.165) is 61.6 Å². The number of aliphatic carboxylic acids is 2. The van der Waals surface area contributed by atoms with E-state index in [-0.39, 0.29) is 10.9 Å². The molecular formula is C58H49N3O5S. The number of amides is 1. The molecule has 9 heteroatoms. The summed E-state index contributed by atoms with van der Waals surface area (Å²) in [6.45, 7) is 8.54. The van der Waals surface area contributed by atoms with Crippen LogP contribution in [0.3, 0.4) is 0 Å². The van der Waals surface area contributed by atoms with Crippen LogP contribution < -0.4 is 10.2 Å². The van der Waals surface area contributed by atoms with Gasteiger partial charge >= 0.3 is 11.9 Å². The summed E-state index contributed by atoms with van der Waals surface area (Å²) >= 11 is 0.697. The van der Waals surface area contributed by atoms with E-state index in [9.17, 15) is 19.5 Å². The second kappa shape index (κ2) is 20.4. The van der Waals surface area contributed by atoms with Crippen LogP contribution in [0, 0.1) is 27.7 Å². The number of aliphatic imine (C=N–C) groups is 1. The van der Waals surface area contributed by atoms with Crippen LogP contribution in [0.25, 0.3) is 29.4 Å². The van der Waals surface area contributed by atoms with E-state index in [2.05, 4.69) is 189 Å². The number of thioether (sulfide) groups is 1. The number of nitrogens with one attached hydrogen (secondary N) is 1. The Morgan fingerprint density at radius 2 is 1.00 bits per heavy atom. The van der Waals surface area contributed by atoms with Gasteiger partial charge in [0.15, 0.2) is 5.17 Å². The maximum Gasteiger partial charge on any atom is 0.317 e. The van der Waals surface area contributed by atoms with Gasteiger partial charge in [-0.1, -0.05) is 145 Å². The van der Waals surface area contributed by atoms with Gasteiger partial charge in [-0.05, 0) is 155 Å². The average Bonchev–Trinajstić information content (AvgIpc) is 3.68. The van der Waals surface area contributed by atoms with E-state index < -0.39 is 29.5 Å². The van der Waals surface area contributed by atoms with Crippen LogP contribution in [0.15, 0.2) is 181 Å². The van der Waals surface area contributed by atoms with E-state index in [0.29, 0.717) is 17.3 Å². The van der Waals surface area contributed by atoms with Crippen molar-refractivity contribution in [3.63, 3.8) is 0 Å². The second-order valence-corrected chi connectivity index (χ2v) is 17.7. The van der Waals surface area contributed by atoms with Crippen molar-refractivity contribution >= 4 is 81.2 Å². The molecule has 3 N–H and O–H groups in total. The zero-order chi connectivity index (χ0) is 47.0. The van der Waals surface area contributed by atoms with E-state index in [1.165, 1.54) is 22.3 Å². The number of nitrogens with zero attached hydrogens (tertiary/aromatic N) is 2. The van der Waals surface area contributed by atoms with Crippen LogP contribution in [0.1, 0.15) is 67.6 Å². The summed E-state index contributed by atoms with van der Waals surface area (Å²) in [6.07, 6.45) is 5.47. The zero-order valence-electron chi connectivity index (χ0n) is 37.6. The van der Waals surface area contributed by atoms with E-state index in [1.54, 1.807) is 6.08 Å². The zero-order valence-corrected chi connectivity index (χ0v) is 38.4. The molecule has 8 rings (SSSR count). The van der Waals surface area contributed by atoms with Gasteiger partial charge < -0.3 is 15.1 Å². The summed E-state index contributed by atoms with van der Waals surface area (Å²) in [7, 11) is 0. The second-order valence-electron chi connectivity index (χ2n) is 16.5. The van der Waals surface area contributed by atoms with Gasteiger partial charge in [0.1, 0.15) is 10.9 Å². The van der Waals surface area contributed by atoms with Crippen molar-refractivity contribution in [2.24, 2.45) is 4.99 Å². The average molecular weight is 900 g/mol. The Labute approximate surface area is 395 Å². The van der Waals surface area contributed by atoms with Crippen LogP contribution >= 0.6 is 11.8 Å². The predicted molar refractivity (Wildman–Crippen MR) is 275 cm³/mol. The molecule has 0 bridgehead atoms. The van der Waals surface area contributed by atoms with Gasteiger partial charge in [0.25, 0.3) is 5.91 Å². The molecule has 0 aromatic heterocycles. The van der Waals surface area contributed by atoms with Crippen molar-refractivity contribution < 1.29 is 24.6 Å². The highest BCUT2D eigenvalue weighted by molar-refractivity contribution is 8.15. The number of carboxylic acids is 2. The number of carbonyl (C=O) groups is 3. The number of rotatable bonds is 14. The molecule has 0 spiro atoms. The fraction of sp³-hybridized carbons (Fsp3) is 0.103. The highest BCUT2D eigenvalue weighted by Gasteiger charge is 2.29. The summed E-state index contributed by atoms with van der Waals surface area (Å²) in [5.41, 5.74) is 17.4. The highest BCUT2D eigenvalue weighted by Crippen LogP contribution is 2.37. The Hall–Kier alpha value is -8.01. The first-order chi connectivity index (χ1) is 32.4. The Morgan fingerprint density at radius 3 is 1.40 bits per heavy atom. The van der Waals surface area contributed by atoms with Crippen molar-refractivity contribution in [3.05, 3.63) is 237 Å². The molecule has 1 aliphatic heterocycles. The van der Waals surface area contributed by atoms with Crippen LogP contribution in [-0.4, -0.2) is 38.5 Å². The fourth-order valence-corrected chi connectivity index (χ4v) is 8.69. The van der Waals surface area contributed by atoms with Crippen LogP contribution in [0.5, 0.6) is 0 Å². The number of anilines is 3. The summed E-state index contributed by atoms with van der Waals surface area (Å²) < 4.78 is 0. The lowest BCUT2D eigenvalue weighted by Crippen LogP contribution is -2.28. The molecule has 1 aliphatic rings. The van der Waals surface area contributed by atoms with Gasteiger partial charge in [-0.3, -0.25) is 19.7 Å². The van der Waals surface area contributed by atoms with Crippen molar-refractivity contribution in [2.75, 3.05) is 4.90 Å². The summed E-state index contributed by atoms with van der Waals surface area (Å²) in [4.78, 5) is 42.3. The summed E-state index contributed by atoms with van der Waals surface area (Å²) in [6, 6.07) is 58.8. The molecule has 8 nitrogen and oxygen atoms in total. The summed E-state index contributed by atoms with van der Waals surface area (Å²) in [5.74, 6) is -3.06. The first kappa shape index (κ1) is 45.6. The number of aryl methyl sites for hydroxylation is 4. The van der Waals surface area contributed by atoms with Gasteiger partial charge in [-0.25, -0.2) is 4.99 Å². The van der Waals surface area contributed by atoms with Crippen molar-refractivity contribution in [1.29, 1.82) is 0 Å². The minimum atomic E-state index is -1.30. The smallest absolute Gasteiger partial charge is 0.317 e. The molecule has 1 heterocycles. The van der Waals surface area contributed by atoms with Crippen LogP contribution in [0.4, 0.5) is 17.1 Å². The van der Waals surface area contributed by atoms with Gasteiger partial charge in [-0.15, -0.1) is 0 Å². The van der Waals surface area contributed by atoms with Gasteiger partial charge in [0.05, 0.1) is 6.42 Å². The molecule has 7 aromatic carbocycles. The number of hydrogen-bond donors (Lipinski definition) is 3.